The van der Waals surface area contributed by atoms with Gasteiger partial charge in [0.1, 0.15) is 22.5 Å². The number of thiazole rings is 1. The number of carbonyl (C=O) groups is 1. The Hall–Kier alpha value is -4.28. The third kappa shape index (κ3) is 4.47. The van der Waals surface area contributed by atoms with Gasteiger partial charge in [-0.25, -0.2) is 14.5 Å². The standard InChI is InChI=1S/C31H32FN9O2S/c1-19-3-5-20(6-4-19)25-24(14-33)44-29(34-25)37(2)28-22-13-23(26(32)35-27(22)36-41(28)21-7-8-21)39-15-31(16-39)17-40(18-31)30(42)38-9-11-43-12-10-38/h3-6,13,21H,7-12,15-18H2,1-2H3. The number of benzene rings is 1. The van der Waals surface area contributed by atoms with Gasteiger partial charge in [0.05, 0.1) is 30.3 Å². The van der Waals surface area contributed by atoms with E-state index in [2.05, 4.69) is 11.1 Å². The maximum absolute atomic E-state index is 15.5. The number of hydrogen-bond donors (Lipinski definition) is 0. The number of anilines is 3. The zero-order chi connectivity index (χ0) is 30.2. The molecule has 3 aromatic heterocycles. The molecule has 4 fully saturated rings. The van der Waals surface area contributed by atoms with Crippen LogP contribution in [0.25, 0.3) is 22.3 Å². The fraction of sp³-hybridized carbons (Fsp3) is 0.452. The van der Waals surface area contributed by atoms with Crippen molar-refractivity contribution in [2.24, 2.45) is 5.41 Å². The second-order valence-electron chi connectivity index (χ2n) is 12.5. The molecule has 1 aliphatic carbocycles. The van der Waals surface area contributed by atoms with Crippen molar-refractivity contribution in [3.63, 3.8) is 0 Å². The smallest absolute Gasteiger partial charge is 0.320 e. The molecule has 0 unspecified atom stereocenters. The number of morpholine rings is 1. The average molecular weight is 614 g/mol. The molecule has 8 rings (SSSR count). The second kappa shape index (κ2) is 10.1. The second-order valence-corrected chi connectivity index (χ2v) is 13.5. The predicted molar refractivity (Wildman–Crippen MR) is 165 cm³/mol. The first-order valence-electron chi connectivity index (χ1n) is 15.0. The van der Waals surface area contributed by atoms with E-state index < -0.39 is 5.95 Å². The van der Waals surface area contributed by atoms with Gasteiger partial charge in [-0.1, -0.05) is 41.2 Å². The zero-order valence-electron chi connectivity index (χ0n) is 24.7. The summed E-state index contributed by atoms with van der Waals surface area (Å²) < 4.78 is 22.8. The summed E-state index contributed by atoms with van der Waals surface area (Å²) in [7, 11) is 1.92. The molecule has 44 heavy (non-hydrogen) atoms. The monoisotopic (exact) mass is 613 g/mol. The summed E-state index contributed by atoms with van der Waals surface area (Å²) in [5, 5.41) is 16.1. The van der Waals surface area contributed by atoms with Gasteiger partial charge < -0.3 is 24.3 Å². The van der Waals surface area contributed by atoms with Crippen molar-refractivity contribution in [3.8, 4) is 17.3 Å². The van der Waals surface area contributed by atoms with E-state index in [-0.39, 0.29) is 17.5 Å². The lowest BCUT2D eigenvalue weighted by atomic mass is 9.72. The van der Waals surface area contributed by atoms with Gasteiger partial charge in [-0.15, -0.1) is 0 Å². The lowest BCUT2D eigenvalue weighted by molar-refractivity contribution is -0.0181. The van der Waals surface area contributed by atoms with Crippen molar-refractivity contribution in [1.82, 2.24) is 29.5 Å². The Morgan fingerprint density at radius 2 is 1.84 bits per heavy atom. The van der Waals surface area contributed by atoms with E-state index in [4.69, 9.17) is 14.8 Å². The molecule has 226 valence electrons. The van der Waals surface area contributed by atoms with Gasteiger partial charge in [-0.05, 0) is 25.8 Å². The van der Waals surface area contributed by atoms with Crippen molar-refractivity contribution in [3.05, 3.63) is 46.7 Å². The Morgan fingerprint density at radius 3 is 2.52 bits per heavy atom. The maximum atomic E-state index is 15.5. The van der Waals surface area contributed by atoms with Crippen LogP contribution < -0.4 is 9.80 Å². The van der Waals surface area contributed by atoms with Crippen LogP contribution in [0.1, 0.15) is 29.3 Å². The number of nitriles is 1. The molecule has 0 N–H and O–H groups in total. The first-order chi connectivity index (χ1) is 21.3. The van der Waals surface area contributed by atoms with Crippen LogP contribution in [0.5, 0.6) is 0 Å². The summed E-state index contributed by atoms with van der Waals surface area (Å²) in [6, 6.07) is 12.5. The number of aryl methyl sites for hydroxylation is 1. The highest BCUT2D eigenvalue weighted by atomic mass is 32.1. The molecule has 0 radical (unpaired) electrons. The summed E-state index contributed by atoms with van der Waals surface area (Å²) in [6.07, 6.45) is 1.99. The van der Waals surface area contributed by atoms with Crippen LogP contribution in [-0.2, 0) is 4.74 Å². The van der Waals surface area contributed by atoms with E-state index in [1.54, 1.807) is 0 Å². The molecule has 2 amide bonds. The molecule has 1 saturated carbocycles. The van der Waals surface area contributed by atoms with Gasteiger partial charge in [0.15, 0.2) is 10.8 Å². The zero-order valence-corrected chi connectivity index (χ0v) is 25.5. The molecule has 0 atom stereocenters. The number of urea groups is 1. The average Bonchev–Trinajstić information content (AvgIpc) is 3.64. The number of pyridine rings is 1. The molecule has 3 aliphatic heterocycles. The summed E-state index contributed by atoms with van der Waals surface area (Å²) in [4.78, 5) is 30.3. The Balaban J connectivity index is 1.07. The highest BCUT2D eigenvalue weighted by molar-refractivity contribution is 7.16. The molecule has 0 bridgehead atoms. The number of hydrogen-bond acceptors (Lipinski definition) is 9. The van der Waals surface area contributed by atoms with Crippen molar-refractivity contribution in [1.29, 1.82) is 5.26 Å². The number of amides is 2. The summed E-state index contributed by atoms with van der Waals surface area (Å²) >= 11 is 1.33. The topological polar surface area (TPSA) is 107 Å². The molecule has 11 nitrogen and oxygen atoms in total. The van der Waals surface area contributed by atoms with Crippen molar-refractivity contribution in [2.45, 2.75) is 25.8 Å². The molecular formula is C31H32FN9O2S. The third-order valence-electron chi connectivity index (χ3n) is 9.14. The molecule has 6 heterocycles. The lowest BCUT2D eigenvalue weighted by Gasteiger charge is -2.61. The normalized spacial score (nSPS) is 19.2. The quantitative estimate of drug-likeness (QED) is 0.302. The maximum Gasteiger partial charge on any atom is 0.320 e. The Morgan fingerprint density at radius 1 is 1.11 bits per heavy atom. The number of nitrogens with zero attached hydrogens (tertiary/aromatic N) is 9. The molecule has 1 aromatic carbocycles. The van der Waals surface area contributed by atoms with Crippen molar-refractivity contribution in [2.75, 3.05) is 69.3 Å². The van der Waals surface area contributed by atoms with Gasteiger partial charge in [0, 0.05) is 57.3 Å². The van der Waals surface area contributed by atoms with Gasteiger partial charge in [0.25, 0.3) is 0 Å². The third-order valence-corrected chi connectivity index (χ3v) is 10.2. The van der Waals surface area contributed by atoms with Crippen LogP contribution in [0.2, 0.25) is 0 Å². The van der Waals surface area contributed by atoms with Crippen molar-refractivity contribution < 1.29 is 13.9 Å². The van der Waals surface area contributed by atoms with Gasteiger partial charge in [-0.3, -0.25) is 0 Å². The number of halogens is 1. The van der Waals surface area contributed by atoms with Gasteiger partial charge in [0.2, 0.25) is 5.95 Å². The van der Waals surface area contributed by atoms with E-state index in [0.29, 0.717) is 79.5 Å². The van der Waals surface area contributed by atoms with Gasteiger partial charge >= 0.3 is 6.03 Å². The van der Waals surface area contributed by atoms with Crippen LogP contribution in [0.4, 0.5) is 25.8 Å². The fourth-order valence-electron chi connectivity index (χ4n) is 6.63. The van der Waals surface area contributed by atoms with Gasteiger partial charge in [-0.2, -0.15) is 19.7 Å². The number of fused-ring (bicyclic) bond motifs is 1. The van der Waals surface area contributed by atoms with Crippen molar-refractivity contribution >= 4 is 45.0 Å². The highest BCUT2D eigenvalue weighted by Gasteiger charge is 2.54. The molecular weight excluding hydrogens is 581 g/mol. The SMILES string of the molecule is Cc1ccc(-c2nc(N(C)c3c4cc(N5CC6(CN(C(=O)N7CCOCC7)C6)C5)c(F)nc4nn3C3CC3)sc2C#N)cc1. The van der Waals surface area contributed by atoms with E-state index in [9.17, 15) is 10.1 Å². The fourth-order valence-corrected chi connectivity index (χ4v) is 7.48. The van der Waals surface area contributed by atoms with Crippen LogP contribution in [0.3, 0.4) is 0 Å². The van der Waals surface area contributed by atoms with Crippen LogP contribution in [0, 0.1) is 29.6 Å². The van der Waals surface area contributed by atoms with Crippen LogP contribution >= 0.6 is 11.3 Å². The summed E-state index contributed by atoms with van der Waals surface area (Å²) in [5.41, 5.74) is 3.48. The first kappa shape index (κ1) is 27.3. The Bertz CT molecular complexity index is 1810. The number of aromatic nitrogens is 4. The molecule has 1 spiro atoms. The largest absolute Gasteiger partial charge is 0.378 e. The highest BCUT2D eigenvalue weighted by Crippen LogP contribution is 2.47. The number of ether oxygens (including phenoxy) is 1. The molecule has 4 aromatic rings. The summed E-state index contributed by atoms with van der Waals surface area (Å²) in [6.45, 7) is 7.14. The minimum Gasteiger partial charge on any atom is -0.378 e. The summed E-state index contributed by atoms with van der Waals surface area (Å²) in [5.74, 6) is 0.261. The van der Waals surface area contributed by atoms with Crippen LogP contribution in [-0.4, -0.2) is 95.1 Å². The van der Waals surface area contributed by atoms with E-state index in [1.165, 1.54) is 11.3 Å². The predicted octanol–water partition coefficient (Wildman–Crippen LogP) is 4.55. The number of rotatable bonds is 5. The molecule has 4 aliphatic rings. The minimum atomic E-state index is -0.537. The lowest BCUT2D eigenvalue weighted by Crippen LogP contribution is -2.74. The first-order valence-corrected chi connectivity index (χ1v) is 15.8. The van der Waals surface area contributed by atoms with E-state index >= 15 is 4.39 Å². The number of carbonyl (C=O) groups excluding carboxylic acids is 1. The molecule has 3 saturated heterocycles. The Kier molecular flexibility index (Phi) is 6.29. The minimum absolute atomic E-state index is 0.0118. The van der Waals surface area contributed by atoms with E-state index in [1.807, 2.05) is 68.6 Å². The van der Waals surface area contributed by atoms with Crippen LogP contribution in [0.15, 0.2) is 30.3 Å². The van der Waals surface area contributed by atoms with E-state index in [0.717, 1.165) is 35.2 Å². The molecule has 13 heteroatoms. The number of likely N-dealkylation sites (tertiary alicyclic amines) is 1. The Labute approximate surface area is 258 Å².